The summed E-state index contributed by atoms with van der Waals surface area (Å²) < 4.78 is 5.41. The van der Waals surface area contributed by atoms with Crippen LogP contribution < -0.4 is 15.5 Å². The van der Waals surface area contributed by atoms with E-state index in [1.54, 1.807) is 12.1 Å². The molecule has 0 saturated carbocycles. The Labute approximate surface area is 120 Å². The number of H-pyrrole nitrogens is 1. The van der Waals surface area contributed by atoms with Crippen molar-refractivity contribution in [3.05, 3.63) is 44.7 Å². The van der Waals surface area contributed by atoms with Crippen LogP contribution in [-0.2, 0) is 0 Å². The number of rotatable bonds is 4. The van der Waals surface area contributed by atoms with Crippen LogP contribution in [0.5, 0.6) is 11.6 Å². The Morgan fingerprint density at radius 3 is 2.53 bits per heavy atom. The number of hydrogen-bond donors (Lipinski definition) is 2. The fourth-order valence-corrected chi connectivity index (χ4v) is 1.89. The van der Waals surface area contributed by atoms with Crippen molar-refractivity contribution in [2.75, 3.05) is 5.23 Å². The van der Waals surface area contributed by atoms with Crippen molar-refractivity contribution in [3.63, 3.8) is 0 Å². The fraction of sp³-hybridized carbons (Fsp3) is 0. The van der Waals surface area contributed by atoms with E-state index < -0.39 is 0 Å². The van der Waals surface area contributed by atoms with Crippen molar-refractivity contribution in [2.24, 2.45) is 0 Å². The van der Waals surface area contributed by atoms with E-state index in [9.17, 15) is 4.79 Å². The van der Waals surface area contributed by atoms with Gasteiger partial charge in [0.1, 0.15) is 0 Å². The van der Waals surface area contributed by atoms with Gasteiger partial charge in [-0.05, 0) is 0 Å². The second-order valence-electron chi connectivity index (χ2n) is 3.44. The number of ether oxygens (including phenoxy) is 1. The Hall–Kier alpha value is -1.59. The number of anilines is 1. The summed E-state index contributed by atoms with van der Waals surface area (Å²) >= 11 is 12.1. The van der Waals surface area contributed by atoms with Gasteiger partial charge in [0.05, 0.1) is 0 Å². The normalized spacial score (nSPS) is 9.74. The van der Waals surface area contributed by atoms with E-state index in [2.05, 4.69) is 15.4 Å². The van der Waals surface area contributed by atoms with Gasteiger partial charge in [-0.2, -0.15) is 0 Å². The monoisotopic (exact) mass is 292 g/mol. The molecule has 0 aliphatic heterocycles. The van der Waals surface area contributed by atoms with E-state index in [1.807, 2.05) is 0 Å². The summed E-state index contributed by atoms with van der Waals surface area (Å²) in [6, 6.07) is 5.88. The third-order valence-electron chi connectivity index (χ3n) is 2.11. The summed E-state index contributed by atoms with van der Waals surface area (Å²) in [5.74, 6) is 0.417. The van der Waals surface area contributed by atoms with E-state index in [1.165, 1.54) is 19.1 Å². The van der Waals surface area contributed by atoms with Crippen LogP contribution in [0.4, 0.5) is 5.69 Å². The molecule has 1 aromatic carbocycles. The summed E-state index contributed by atoms with van der Waals surface area (Å²) in [6.07, 6.45) is 0. The molecule has 0 atom stereocenters. The number of aromatic amines is 1. The maximum absolute atomic E-state index is 10.9. The number of hydrogen-bond acceptors (Lipinski definition) is 4. The standard InChI is InChI=1S/C10H6B2Cl2N3O2/c11-12-15-5-3-6(13)10(7(14)4-5)19-9-2-1-8(18)16-17-9/h1-4,15H,(H,16,18). The molecule has 1 heterocycles. The minimum atomic E-state index is -0.331. The molecule has 5 nitrogen and oxygen atoms in total. The fourth-order valence-electron chi connectivity index (χ4n) is 1.33. The van der Waals surface area contributed by atoms with Crippen LogP contribution in [0.2, 0.25) is 10.0 Å². The van der Waals surface area contributed by atoms with Crippen molar-refractivity contribution in [1.82, 2.24) is 10.2 Å². The quantitative estimate of drug-likeness (QED) is 0.846. The molecule has 1 radical (unpaired) electrons. The van der Waals surface area contributed by atoms with Gasteiger partial charge in [0.15, 0.2) is 0 Å². The molecular formula is C10H6B2Cl2N3O2. The zero-order valence-electron chi connectivity index (χ0n) is 9.48. The molecule has 0 unspecified atom stereocenters. The maximum atomic E-state index is 10.9. The van der Waals surface area contributed by atoms with Crippen LogP contribution in [0.3, 0.4) is 0 Å². The molecule has 93 valence electrons. The van der Waals surface area contributed by atoms with Gasteiger partial charge in [-0.15, -0.1) is 0 Å². The van der Waals surface area contributed by atoms with E-state index in [-0.39, 0.29) is 27.2 Å². The van der Waals surface area contributed by atoms with Crippen molar-refractivity contribution >= 4 is 43.2 Å². The van der Waals surface area contributed by atoms with Crippen LogP contribution >= 0.6 is 23.2 Å². The van der Waals surface area contributed by atoms with Crippen LogP contribution in [0.1, 0.15) is 0 Å². The minimum absolute atomic E-state index is 0.175. The molecule has 1 aromatic heterocycles. The number of halogens is 2. The number of aromatic nitrogens is 2. The second-order valence-corrected chi connectivity index (χ2v) is 4.26. The third kappa shape index (κ3) is 3.45. The molecule has 0 fully saturated rings. The topological polar surface area (TPSA) is 67.0 Å². The molecule has 0 spiro atoms. The molecule has 19 heavy (non-hydrogen) atoms. The molecule has 0 saturated heterocycles. The first-order chi connectivity index (χ1) is 9.10. The second kappa shape index (κ2) is 6.04. The van der Waals surface area contributed by atoms with Crippen molar-refractivity contribution in [3.8, 4) is 11.6 Å². The van der Waals surface area contributed by atoms with Gasteiger partial charge in [-0.3, -0.25) is 0 Å². The van der Waals surface area contributed by atoms with Crippen molar-refractivity contribution in [2.45, 2.75) is 0 Å². The first-order valence-corrected chi connectivity index (χ1v) is 5.88. The molecule has 2 rings (SSSR count). The summed E-state index contributed by atoms with van der Waals surface area (Å²) in [7, 11) is 5.24. The Morgan fingerprint density at radius 2 is 2.00 bits per heavy atom. The van der Waals surface area contributed by atoms with Crippen LogP contribution in [0.15, 0.2) is 29.1 Å². The molecular weight excluding hydrogens is 287 g/mol. The zero-order valence-corrected chi connectivity index (χ0v) is 11.0. The summed E-state index contributed by atoms with van der Waals surface area (Å²) in [5, 5.41) is 9.25. The Kier molecular flexibility index (Phi) is 4.39. The average Bonchev–Trinajstić information content (AvgIpc) is 2.36. The van der Waals surface area contributed by atoms with Gasteiger partial charge in [0.2, 0.25) is 0 Å². The third-order valence-corrected chi connectivity index (χ3v) is 2.67. The van der Waals surface area contributed by atoms with Gasteiger partial charge in [0.25, 0.3) is 0 Å². The van der Waals surface area contributed by atoms with Gasteiger partial charge >= 0.3 is 120 Å². The SMILES string of the molecule is [B]=BNc1cc(Cl)c(Oc2ccc(=O)[nH]n2)c(Cl)c1. The Morgan fingerprint density at radius 1 is 1.32 bits per heavy atom. The Bertz CT molecular complexity index is 635. The van der Waals surface area contributed by atoms with Crippen LogP contribution in [0, 0.1) is 0 Å². The summed E-state index contributed by atoms with van der Waals surface area (Å²) in [6.45, 7) is 1.26. The number of nitrogens with zero attached hydrogens (tertiary/aromatic N) is 1. The molecule has 9 heteroatoms. The Balaban J connectivity index is 2.32. The molecule has 2 N–H and O–H groups in total. The van der Waals surface area contributed by atoms with Crippen molar-refractivity contribution < 1.29 is 4.74 Å². The first-order valence-electron chi connectivity index (χ1n) is 5.12. The van der Waals surface area contributed by atoms with E-state index in [0.717, 1.165) is 0 Å². The van der Waals surface area contributed by atoms with Gasteiger partial charge < -0.3 is 0 Å². The van der Waals surface area contributed by atoms with E-state index in [0.29, 0.717) is 5.69 Å². The zero-order chi connectivity index (χ0) is 13.8. The first kappa shape index (κ1) is 13.8. The predicted octanol–water partition coefficient (Wildman–Crippen LogP) is 1.98. The van der Waals surface area contributed by atoms with Crippen LogP contribution in [0.25, 0.3) is 0 Å². The van der Waals surface area contributed by atoms with Crippen LogP contribution in [-0.4, -0.2) is 24.5 Å². The van der Waals surface area contributed by atoms with Gasteiger partial charge in [0, 0.05) is 0 Å². The predicted molar refractivity (Wildman–Crippen MR) is 76.5 cm³/mol. The average molecular weight is 293 g/mol. The summed E-state index contributed by atoms with van der Waals surface area (Å²) in [4.78, 5) is 10.9. The molecule has 0 aliphatic carbocycles. The molecule has 0 bridgehead atoms. The molecule has 0 aliphatic rings. The summed E-state index contributed by atoms with van der Waals surface area (Å²) in [5.41, 5.74) is 0.293. The molecule has 2 aromatic rings. The van der Waals surface area contributed by atoms with E-state index >= 15 is 0 Å². The number of nitrogens with one attached hydrogen (secondary N) is 2. The van der Waals surface area contributed by atoms with Gasteiger partial charge in [-0.1, -0.05) is 0 Å². The van der Waals surface area contributed by atoms with Gasteiger partial charge in [-0.25, -0.2) is 0 Å². The molecule has 0 amide bonds. The van der Waals surface area contributed by atoms with E-state index in [4.69, 9.17) is 35.3 Å². The van der Waals surface area contributed by atoms with Crippen molar-refractivity contribution in [1.29, 1.82) is 0 Å². The number of benzene rings is 1.